The van der Waals surface area contributed by atoms with E-state index < -0.39 is 17.5 Å². The van der Waals surface area contributed by atoms with E-state index in [1.807, 2.05) is 4.90 Å². The molecule has 0 aliphatic carbocycles. The minimum Gasteiger partial charge on any atom is -0.466 e. The first-order valence-electron chi connectivity index (χ1n) is 8.97. The molecular weight excluding hydrogens is 364 g/mol. The topological polar surface area (TPSA) is 112 Å². The minimum absolute atomic E-state index is 0.277. The number of nitrogens with one attached hydrogen (secondary N) is 1. The van der Waals surface area contributed by atoms with Crippen LogP contribution in [0, 0.1) is 0 Å². The van der Waals surface area contributed by atoms with Crippen LogP contribution >= 0.6 is 0 Å². The first kappa shape index (κ1) is 18.0. The lowest BCUT2D eigenvalue weighted by atomic mass is 9.99. The van der Waals surface area contributed by atoms with Crippen LogP contribution in [0.4, 0.5) is 10.7 Å². The second-order valence-electron chi connectivity index (χ2n) is 6.84. The summed E-state index contributed by atoms with van der Waals surface area (Å²) >= 11 is 0. The lowest BCUT2D eigenvalue weighted by molar-refractivity contribution is -0.139. The Hall–Kier alpha value is -3.43. The highest BCUT2D eigenvalue weighted by molar-refractivity contribution is 6.08. The molecule has 1 N–H and O–H groups in total. The van der Waals surface area contributed by atoms with Crippen molar-refractivity contribution in [1.29, 1.82) is 0 Å². The average Bonchev–Trinajstić information content (AvgIpc) is 3.33. The molecule has 0 aromatic carbocycles. The molecule has 10 nitrogen and oxygen atoms in total. The minimum atomic E-state index is -1.30. The predicted molar refractivity (Wildman–Crippen MR) is 97.1 cm³/mol. The van der Waals surface area contributed by atoms with Crippen LogP contribution in [0.5, 0.6) is 0 Å². The summed E-state index contributed by atoms with van der Waals surface area (Å²) in [6, 6.07) is 4.41. The van der Waals surface area contributed by atoms with Crippen molar-refractivity contribution in [2.24, 2.45) is 0 Å². The van der Waals surface area contributed by atoms with Crippen molar-refractivity contribution in [1.82, 2.24) is 25.1 Å². The molecule has 2 aromatic heterocycles. The average molecular weight is 384 g/mol. The van der Waals surface area contributed by atoms with Crippen LogP contribution in [0.15, 0.2) is 41.3 Å². The van der Waals surface area contributed by atoms with Gasteiger partial charge in [0.25, 0.3) is 5.91 Å². The zero-order chi connectivity index (χ0) is 19.7. The molecule has 2 aliphatic rings. The Morgan fingerprint density at radius 1 is 1.18 bits per heavy atom. The standard InChI is InChI=1S/C18H20N6O4/c1-18(13-4-2-11-28-13)15(26)24(17(27)21-18)12-14(25)22-7-9-23(10-8-22)16-19-5-3-6-20-16/h2-6,11H,7-10,12H2,1H3,(H,21,27)/t18-/m0/s1. The van der Waals surface area contributed by atoms with Gasteiger partial charge < -0.3 is 19.5 Å². The van der Waals surface area contributed by atoms with Gasteiger partial charge in [-0.1, -0.05) is 0 Å². The fourth-order valence-electron chi connectivity index (χ4n) is 3.42. The number of nitrogens with zero attached hydrogens (tertiary/aromatic N) is 5. The molecule has 4 amide bonds. The number of furan rings is 1. The zero-order valence-electron chi connectivity index (χ0n) is 15.4. The van der Waals surface area contributed by atoms with Gasteiger partial charge in [0, 0.05) is 38.6 Å². The highest BCUT2D eigenvalue weighted by atomic mass is 16.3. The smallest absolute Gasteiger partial charge is 0.325 e. The number of amides is 4. The van der Waals surface area contributed by atoms with Crippen molar-refractivity contribution in [3.63, 3.8) is 0 Å². The van der Waals surface area contributed by atoms with Gasteiger partial charge in [0.2, 0.25) is 11.9 Å². The number of anilines is 1. The van der Waals surface area contributed by atoms with Crippen molar-refractivity contribution >= 4 is 23.8 Å². The number of urea groups is 1. The van der Waals surface area contributed by atoms with Gasteiger partial charge in [-0.15, -0.1) is 0 Å². The summed E-state index contributed by atoms with van der Waals surface area (Å²) in [5, 5.41) is 2.62. The van der Waals surface area contributed by atoms with Crippen LogP contribution in [0.2, 0.25) is 0 Å². The van der Waals surface area contributed by atoms with E-state index >= 15 is 0 Å². The quantitative estimate of drug-likeness (QED) is 0.749. The summed E-state index contributed by atoms with van der Waals surface area (Å²) < 4.78 is 5.29. The molecule has 4 heterocycles. The molecule has 1 atom stereocenters. The van der Waals surface area contributed by atoms with Gasteiger partial charge in [-0.05, 0) is 25.1 Å². The molecule has 2 aliphatic heterocycles. The number of piperazine rings is 1. The van der Waals surface area contributed by atoms with Crippen LogP contribution in [0.1, 0.15) is 12.7 Å². The van der Waals surface area contributed by atoms with Gasteiger partial charge in [-0.25, -0.2) is 14.8 Å². The fourth-order valence-corrected chi connectivity index (χ4v) is 3.42. The maximum absolute atomic E-state index is 12.8. The third-order valence-corrected chi connectivity index (χ3v) is 5.05. The van der Waals surface area contributed by atoms with Crippen LogP contribution in [0.25, 0.3) is 0 Å². The Morgan fingerprint density at radius 3 is 2.54 bits per heavy atom. The predicted octanol–water partition coefficient (Wildman–Crippen LogP) is 0.185. The first-order chi connectivity index (χ1) is 13.5. The summed E-state index contributed by atoms with van der Waals surface area (Å²) in [6.45, 7) is 3.37. The number of aromatic nitrogens is 2. The van der Waals surface area contributed by atoms with Gasteiger partial charge in [0.05, 0.1) is 6.26 Å². The number of hydrogen-bond donors (Lipinski definition) is 1. The monoisotopic (exact) mass is 384 g/mol. The summed E-state index contributed by atoms with van der Waals surface area (Å²) in [4.78, 5) is 50.8. The number of imide groups is 1. The molecule has 2 fully saturated rings. The van der Waals surface area contributed by atoms with Crippen molar-refractivity contribution in [3.8, 4) is 0 Å². The van der Waals surface area contributed by atoms with E-state index in [-0.39, 0.29) is 12.5 Å². The number of hydrogen-bond acceptors (Lipinski definition) is 7. The lowest BCUT2D eigenvalue weighted by Crippen LogP contribution is -2.52. The number of rotatable bonds is 4. The van der Waals surface area contributed by atoms with Crippen molar-refractivity contribution in [2.75, 3.05) is 37.6 Å². The second-order valence-corrected chi connectivity index (χ2v) is 6.84. The molecule has 2 saturated heterocycles. The van der Waals surface area contributed by atoms with Gasteiger partial charge in [0.15, 0.2) is 5.54 Å². The lowest BCUT2D eigenvalue weighted by Gasteiger charge is -2.35. The third kappa shape index (κ3) is 3.06. The van der Waals surface area contributed by atoms with Crippen LogP contribution in [-0.4, -0.2) is 70.3 Å². The van der Waals surface area contributed by atoms with E-state index in [0.717, 1.165) is 4.90 Å². The molecule has 0 saturated carbocycles. The van der Waals surface area contributed by atoms with Crippen molar-refractivity contribution in [2.45, 2.75) is 12.5 Å². The SMILES string of the molecule is C[C@@]1(c2ccco2)NC(=O)N(CC(=O)N2CCN(c3ncccn3)CC2)C1=O. The summed E-state index contributed by atoms with van der Waals surface area (Å²) in [6.07, 6.45) is 4.78. The number of carbonyl (C=O) groups is 3. The van der Waals surface area contributed by atoms with E-state index in [0.29, 0.717) is 37.9 Å². The molecule has 10 heteroatoms. The van der Waals surface area contributed by atoms with E-state index in [4.69, 9.17) is 4.42 Å². The molecule has 0 unspecified atom stereocenters. The van der Waals surface area contributed by atoms with Gasteiger partial charge >= 0.3 is 6.03 Å². The largest absolute Gasteiger partial charge is 0.466 e. The Morgan fingerprint density at radius 2 is 1.89 bits per heavy atom. The Kier molecular flexibility index (Phi) is 4.46. The first-order valence-corrected chi connectivity index (χ1v) is 8.97. The summed E-state index contributed by atoms with van der Waals surface area (Å²) in [5.41, 5.74) is -1.30. The van der Waals surface area contributed by atoms with E-state index in [1.54, 1.807) is 42.4 Å². The van der Waals surface area contributed by atoms with Crippen LogP contribution in [-0.2, 0) is 15.1 Å². The Balaban J connectivity index is 1.38. The summed E-state index contributed by atoms with van der Waals surface area (Å²) in [5.74, 6) is 0.174. The van der Waals surface area contributed by atoms with E-state index in [9.17, 15) is 14.4 Å². The molecule has 0 bridgehead atoms. The molecular formula is C18H20N6O4. The zero-order valence-corrected chi connectivity index (χ0v) is 15.4. The van der Waals surface area contributed by atoms with Gasteiger partial charge in [-0.3, -0.25) is 14.5 Å². The van der Waals surface area contributed by atoms with Gasteiger partial charge in [-0.2, -0.15) is 0 Å². The van der Waals surface area contributed by atoms with Crippen molar-refractivity contribution < 1.29 is 18.8 Å². The van der Waals surface area contributed by atoms with Gasteiger partial charge in [0.1, 0.15) is 12.3 Å². The summed E-state index contributed by atoms with van der Waals surface area (Å²) in [7, 11) is 0. The maximum atomic E-state index is 12.8. The van der Waals surface area contributed by atoms with Crippen LogP contribution in [0.3, 0.4) is 0 Å². The highest BCUT2D eigenvalue weighted by Gasteiger charge is 2.51. The molecule has 0 radical (unpaired) electrons. The Bertz CT molecular complexity index is 879. The molecule has 0 spiro atoms. The van der Waals surface area contributed by atoms with Crippen molar-refractivity contribution in [3.05, 3.63) is 42.6 Å². The molecule has 146 valence electrons. The fraction of sp³-hybridized carbons (Fsp3) is 0.389. The number of carbonyl (C=O) groups excluding carboxylic acids is 3. The third-order valence-electron chi connectivity index (χ3n) is 5.05. The normalized spacial score (nSPS) is 22.5. The Labute approximate surface area is 161 Å². The van der Waals surface area contributed by atoms with E-state index in [2.05, 4.69) is 15.3 Å². The molecule has 28 heavy (non-hydrogen) atoms. The van der Waals surface area contributed by atoms with E-state index in [1.165, 1.54) is 6.26 Å². The molecule has 2 aromatic rings. The second kappa shape index (κ2) is 6.95. The highest BCUT2D eigenvalue weighted by Crippen LogP contribution is 2.29. The maximum Gasteiger partial charge on any atom is 0.325 e. The van der Waals surface area contributed by atoms with Crippen LogP contribution < -0.4 is 10.2 Å². The molecule has 4 rings (SSSR count).